The Bertz CT molecular complexity index is 993. The van der Waals surface area contributed by atoms with Gasteiger partial charge in [0.15, 0.2) is 5.58 Å². The van der Waals surface area contributed by atoms with Crippen LogP contribution in [0.5, 0.6) is 0 Å². The van der Waals surface area contributed by atoms with Crippen molar-refractivity contribution in [1.29, 1.82) is 0 Å². The minimum Gasteiger partial charge on any atom is -0.436 e. The van der Waals surface area contributed by atoms with Crippen LogP contribution in [0.15, 0.2) is 46.9 Å². The lowest BCUT2D eigenvalue weighted by Crippen LogP contribution is -2.57. The van der Waals surface area contributed by atoms with Crippen LogP contribution >= 0.6 is 11.6 Å². The second-order valence-corrected chi connectivity index (χ2v) is 7.84. The maximum atomic E-state index is 13.0. The van der Waals surface area contributed by atoms with Gasteiger partial charge in [0.25, 0.3) is 5.91 Å². The zero-order valence-corrected chi connectivity index (χ0v) is 15.6. The third-order valence-corrected chi connectivity index (χ3v) is 5.92. The predicted octanol–water partition coefficient (Wildman–Crippen LogP) is 3.97. The maximum absolute atomic E-state index is 13.0. The molecule has 3 aromatic rings. The van der Waals surface area contributed by atoms with Gasteiger partial charge in [-0.2, -0.15) is 0 Å². The van der Waals surface area contributed by atoms with Crippen LogP contribution in [0.3, 0.4) is 0 Å². The van der Waals surface area contributed by atoms with Gasteiger partial charge in [0.05, 0.1) is 5.56 Å². The van der Waals surface area contributed by atoms with Crippen molar-refractivity contribution >= 4 is 28.6 Å². The number of rotatable bonds is 3. The molecule has 4 heterocycles. The van der Waals surface area contributed by atoms with Gasteiger partial charge in [-0.05, 0) is 50.0 Å². The zero-order valence-electron chi connectivity index (χ0n) is 14.8. The van der Waals surface area contributed by atoms with E-state index < -0.39 is 0 Å². The van der Waals surface area contributed by atoms with Gasteiger partial charge in [-0.1, -0.05) is 29.8 Å². The van der Waals surface area contributed by atoms with E-state index in [2.05, 4.69) is 15.2 Å². The Morgan fingerprint density at radius 1 is 1.19 bits per heavy atom. The fourth-order valence-corrected chi connectivity index (χ4v) is 4.46. The first kappa shape index (κ1) is 16.8. The number of hydrogen-bond donors (Lipinski definition) is 1. The molecule has 1 aromatic heterocycles. The third kappa shape index (κ3) is 3.11. The van der Waals surface area contributed by atoms with Crippen LogP contribution in [-0.4, -0.2) is 41.5 Å². The number of nitrogens with one attached hydrogen (secondary N) is 1. The molecule has 0 unspecified atom stereocenters. The SMILES string of the molecule is O=C(N[C@@H]1CN2CCC1CC2)c1cc(Cl)cc2oc(-c3ccccc3)nc12. The van der Waals surface area contributed by atoms with Crippen molar-refractivity contribution in [1.82, 2.24) is 15.2 Å². The van der Waals surface area contributed by atoms with E-state index in [9.17, 15) is 4.79 Å². The summed E-state index contributed by atoms with van der Waals surface area (Å²) in [7, 11) is 0. The molecule has 27 heavy (non-hydrogen) atoms. The Hall–Kier alpha value is -2.37. The number of nitrogens with zero attached hydrogens (tertiary/aromatic N) is 2. The first-order valence-corrected chi connectivity index (χ1v) is 9.74. The Morgan fingerprint density at radius 2 is 1.96 bits per heavy atom. The van der Waals surface area contributed by atoms with Crippen LogP contribution < -0.4 is 5.32 Å². The van der Waals surface area contributed by atoms with Crippen LogP contribution in [0.2, 0.25) is 5.02 Å². The van der Waals surface area contributed by atoms with Gasteiger partial charge in [0, 0.05) is 29.2 Å². The summed E-state index contributed by atoms with van der Waals surface area (Å²) in [6, 6.07) is 13.2. The summed E-state index contributed by atoms with van der Waals surface area (Å²) < 4.78 is 5.88. The highest BCUT2D eigenvalue weighted by Gasteiger charge is 2.35. The molecule has 0 radical (unpaired) electrons. The topological polar surface area (TPSA) is 58.4 Å². The van der Waals surface area contributed by atoms with Crippen molar-refractivity contribution in [2.24, 2.45) is 5.92 Å². The predicted molar refractivity (Wildman–Crippen MR) is 105 cm³/mol. The van der Waals surface area contributed by atoms with E-state index in [-0.39, 0.29) is 11.9 Å². The standard InChI is InChI=1S/C21H20ClN3O2/c22-15-10-16(20(26)23-17-12-25-8-6-13(17)7-9-25)19-18(11-15)27-21(24-19)14-4-2-1-3-5-14/h1-5,10-11,13,17H,6-9,12H2,(H,23,26)/t17-/m1/s1. The second-order valence-electron chi connectivity index (χ2n) is 7.40. The molecule has 138 valence electrons. The Labute approximate surface area is 162 Å². The number of hydrogen-bond acceptors (Lipinski definition) is 4. The number of benzene rings is 2. The lowest BCUT2D eigenvalue weighted by molar-refractivity contribution is 0.0621. The van der Waals surface area contributed by atoms with E-state index in [1.54, 1.807) is 12.1 Å². The average Bonchev–Trinajstić information content (AvgIpc) is 3.13. The fraction of sp³-hybridized carbons (Fsp3) is 0.333. The number of amides is 1. The Balaban J connectivity index is 1.48. The Morgan fingerprint density at radius 3 is 2.67 bits per heavy atom. The summed E-state index contributed by atoms with van der Waals surface area (Å²) in [5.41, 5.74) is 2.42. The molecule has 5 nitrogen and oxygen atoms in total. The Kier molecular flexibility index (Phi) is 4.14. The van der Waals surface area contributed by atoms with Gasteiger partial charge in [0.1, 0.15) is 5.52 Å². The van der Waals surface area contributed by atoms with Gasteiger partial charge in [0.2, 0.25) is 5.89 Å². The molecule has 3 fully saturated rings. The number of piperidine rings is 3. The number of carbonyl (C=O) groups excluding carboxylic acids is 1. The first-order chi connectivity index (χ1) is 13.2. The van der Waals surface area contributed by atoms with Crippen LogP contribution in [0.1, 0.15) is 23.2 Å². The molecule has 6 rings (SSSR count). The summed E-state index contributed by atoms with van der Waals surface area (Å²) in [5, 5.41) is 3.68. The van der Waals surface area contributed by atoms with Gasteiger partial charge < -0.3 is 14.6 Å². The van der Waals surface area contributed by atoms with Gasteiger partial charge in [-0.3, -0.25) is 4.79 Å². The number of carbonyl (C=O) groups is 1. The van der Waals surface area contributed by atoms with E-state index in [1.165, 1.54) is 0 Å². The fourth-order valence-electron chi connectivity index (χ4n) is 4.25. The quantitative estimate of drug-likeness (QED) is 0.745. The molecular formula is C21H20ClN3O2. The van der Waals surface area contributed by atoms with E-state index in [4.69, 9.17) is 16.0 Å². The van der Waals surface area contributed by atoms with Crippen molar-refractivity contribution in [3.63, 3.8) is 0 Å². The summed E-state index contributed by atoms with van der Waals surface area (Å²) in [6.07, 6.45) is 2.30. The minimum atomic E-state index is -0.130. The third-order valence-electron chi connectivity index (χ3n) is 5.70. The maximum Gasteiger partial charge on any atom is 0.253 e. The number of halogens is 1. The highest BCUT2D eigenvalue weighted by molar-refractivity contribution is 6.32. The van der Waals surface area contributed by atoms with Crippen LogP contribution in [0.25, 0.3) is 22.6 Å². The zero-order chi connectivity index (χ0) is 18.4. The number of aromatic nitrogens is 1. The molecule has 2 aromatic carbocycles. The normalized spacial score (nSPS) is 24.3. The summed E-state index contributed by atoms with van der Waals surface area (Å²) >= 11 is 6.25. The van der Waals surface area contributed by atoms with E-state index in [0.717, 1.165) is 38.0 Å². The lowest BCUT2D eigenvalue weighted by Gasteiger charge is -2.44. The van der Waals surface area contributed by atoms with Crippen LogP contribution in [0, 0.1) is 5.92 Å². The molecule has 3 aliphatic heterocycles. The minimum absolute atomic E-state index is 0.130. The molecule has 1 atom stereocenters. The van der Waals surface area contributed by atoms with Gasteiger partial charge in [-0.25, -0.2) is 4.98 Å². The molecular weight excluding hydrogens is 362 g/mol. The number of fused-ring (bicyclic) bond motifs is 4. The molecule has 0 spiro atoms. The average molecular weight is 382 g/mol. The lowest BCUT2D eigenvalue weighted by atomic mass is 9.84. The van der Waals surface area contributed by atoms with Crippen molar-refractivity contribution in [2.45, 2.75) is 18.9 Å². The summed E-state index contributed by atoms with van der Waals surface area (Å²) in [4.78, 5) is 20.0. The van der Waals surface area contributed by atoms with Crippen LogP contribution in [-0.2, 0) is 0 Å². The molecule has 1 N–H and O–H groups in total. The second kappa shape index (κ2) is 6.66. The smallest absolute Gasteiger partial charge is 0.253 e. The van der Waals surface area contributed by atoms with E-state index >= 15 is 0 Å². The molecule has 1 amide bonds. The van der Waals surface area contributed by atoms with Crippen molar-refractivity contribution in [3.8, 4) is 11.5 Å². The van der Waals surface area contributed by atoms with Crippen molar-refractivity contribution in [2.75, 3.05) is 19.6 Å². The molecule has 3 aliphatic rings. The molecule has 6 heteroatoms. The molecule has 3 saturated heterocycles. The molecule has 0 aliphatic carbocycles. The highest BCUT2D eigenvalue weighted by Crippen LogP contribution is 2.31. The van der Waals surface area contributed by atoms with Gasteiger partial charge >= 0.3 is 0 Å². The molecule has 0 saturated carbocycles. The van der Waals surface area contributed by atoms with Crippen molar-refractivity contribution in [3.05, 3.63) is 53.1 Å². The number of oxazole rings is 1. The van der Waals surface area contributed by atoms with Crippen molar-refractivity contribution < 1.29 is 9.21 Å². The first-order valence-electron chi connectivity index (χ1n) is 9.36. The van der Waals surface area contributed by atoms with Crippen LogP contribution in [0.4, 0.5) is 0 Å². The highest BCUT2D eigenvalue weighted by atomic mass is 35.5. The largest absolute Gasteiger partial charge is 0.436 e. The summed E-state index contributed by atoms with van der Waals surface area (Å²) in [6.45, 7) is 3.21. The van der Waals surface area contributed by atoms with Gasteiger partial charge in [-0.15, -0.1) is 0 Å². The summed E-state index contributed by atoms with van der Waals surface area (Å²) in [5.74, 6) is 0.921. The monoisotopic (exact) mass is 381 g/mol. The van der Waals surface area contributed by atoms with E-state index in [1.807, 2.05) is 30.3 Å². The van der Waals surface area contributed by atoms with E-state index in [0.29, 0.717) is 33.5 Å². The molecule has 2 bridgehead atoms.